The van der Waals surface area contributed by atoms with E-state index in [2.05, 4.69) is 16.7 Å². The molecule has 23 heavy (non-hydrogen) atoms. The van der Waals surface area contributed by atoms with Crippen molar-refractivity contribution in [3.8, 4) is 6.07 Å². The van der Waals surface area contributed by atoms with Crippen LogP contribution in [0.3, 0.4) is 0 Å². The van der Waals surface area contributed by atoms with Crippen LogP contribution in [0.25, 0.3) is 0 Å². The Bertz CT molecular complexity index is 631. The van der Waals surface area contributed by atoms with Crippen molar-refractivity contribution in [2.45, 2.75) is 49.5 Å². The average molecular weight is 395 g/mol. The van der Waals surface area contributed by atoms with Crippen LogP contribution in [-0.4, -0.2) is 15.9 Å². The van der Waals surface area contributed by atoms with Crippen molar-refractivity contribution in [3.05, 3.63) is 16.0 Å². The molecule has 0 spiro atoms. The van der Waals surface area contributed by atoms with Gasteiger partial charge in [0.15, 0.2) is 0 Å². The highest BCUT2D eigenvalue weighted by Gasteiger charge is 2.36. The Hall–Kier alpha value is -0.670. The van der Waals surface area contributed by atoms with Crippen molar-refractivity contribution < 1.29 is 4.79 Å². The van der Waals surface area contributed by atoms with Crippen molar-refractivity contribution in [1.82, 2.24) is 5.32 Å². The minimum Gasteiger partial charge on any atom is -0.352 e. The van der Waals surface area contributed by atoms with E-state index in [-0.39, 0.29) is 11.8 Å². The molecule has 0 fully saturated rings. The van der Waals surface area contributed by atoms with Crippen LogP contribution < -0.4 is 10.6 Å². The summed E-state index contributed by atoms with van der Waals surface area (Å²) in [7, 11) is 0. The lowest BCUT2D eigenvalue weighted by Crippen LogP contribution is -2.50. The largest absolute Gasteiger partial charge is 0.352 e. The summed E-state index contributed by atoms with van der Waals surface area (Å²) in [6.07, 6.45) is 3.15. The van der Waals surface area contributed by atoms with E-state index >= 15 is 0 Å². The standard InChI is InChI=1S/C15H18Cl3N3OS/c1-8(2)12(22)20-14(15(16,17)18)21-13-10(7-19)9-5-3-4-6-11(9)23-13/h8,14,21H,3-6H2,1-2H3,(H,20,22)/t14-/m1/s1. The Morgan fingerprint density at radius 2 is 1.96 bits per heavy atom. The van der Waals surface area contributed by atoms with E-state index < -0.39 is 9.96 Å². The molecule has 1 aliphatic rings. The van der Waals surface area contributed by atoms with E-state index in [1.54, 1.807) is 13.8 Å². The molecule has 4 nitrogen and oxygen atoms in total. The molecule has 2 N–H and O–H groups in total. The topological polar surface area (TPSA) is 64.9 Å². The van der Waals surface area contributed by atoms with E-state index in [1.807, 2.05) is 0 Å². The molecule has 8 heteroatoms. The Morgan fingerprint density at radius 1 is 1.30 bits per heavy atom. The quantitative estimate of drug-likeness (QED) is 0.588. The molecule has 0 aliphatic heterocycles. The van der Waals surface area contributed by atoms with Gasteiger partial charge in [0, 0.05) is 10.8 Å². The zero-order valence-corrected chi connectivity index (χ0v) is 16.0. The number of nitrogens with one attached hydrogen (secondary N) is 2. The van der Waals surface area contributed by atoms with Gasteiger partial charge in [-0.1, -0.05) is 48.7 Å². The van der Waals surface area contributed by atoms with Crippen LogP contribution in [0, 0.1) is 17.2 Å². The highest BCUT2D eigenvalue weighted by atomic mass is 35.6. The zero-order chi connectivity index (χ0) is 17.2. The van der Waals surface area contributed by atoms with Crippen LogP contribution in [0.1, 0.15) is 42.7 Å². The first-order valence-electron chi connectivity index (χ1n) is 7.42. The minimum absolute atomic E-state index is 0.228. The van der Waals surface area contributed by atoms with Gasteiger partial charge in [-0.2, -0.15) is 5.26 Å². The van der Waals surface area contributed by atoms with Gasteiger partial charge in [0.2, 0.25) is 9.70 Å². The first-order chi connectivity index (χ1) is 10.7. The van der Waals surface area contributed by atoms with E-state index in [9.17, 15) is 10.1 Å². The summed E-state index contributed by atoms with van der Waals surface area (Å²) in [5.74, 6) is -0.465. The number of aryl methyl sites for hydroxylation is 1. The second-order valence-electron chi connectivity index (χ2n) is 5.81. The normalized spacial score (nSPS) is 15.7. The molecular formula is C15H18Cl3N3OS. The molecule has 0 unspecified atom stereocenters. The number of fused-ring (bicyclic) bond motifs is 1. The molecular weight excluding hydrogens is 377 g/mol. The van der Waals surface area contributed by atoms with Gasteiger partial charge in [0.1, 0.15) is 17.2 Å². The fourth-order valence-corrected chi connectivity index (χ4v) is 4.02. The second-order valence-corrected chi connectivity index (χ2v) is 9.28. The molecule has 0 saturated heterocycles. The van der Waals surface area contributed by atoms with E-state index in [1.165, 1.54) is 16.2 Å². The fraction of sp³-hybridized carbons (Fsp3) is 0.600. The van der Waals surface area contributed by atoms with Crippen molar-refractivity contribution in [1.29, 1.82) is 5.26 Å². The Kier molecular flexibility index (Phi) is 6.07. The minimum atomic E-state index is -1.73. The number of nitriles is 1. The number of anilines is 1. The van der Waals surface area contributed by atoms with E-state index in [0.29, 0.717) is 10.6 Å². The summed E-state index contributed by atoms with van der Waals surface area (Å²) in [5, 5.41) is 15.9. The number of rotatable bonds is 4. The van der Waals surface area contributed by atoms with Crippen LogP contribution in [-0.2, 0) is 17.6 Å². The van der Waals surface area contributed by atoms with E-state index in [4.69, 9.17) is 34.8 Å². The number of thiophene rings is 1. The van der Waals surface area contributed by atoms with Crippen molar-refractivity contribution in [2.75, 3.05) is 5.32 Å². The van der Waals surface area contributed by atoms with Gasteiger partial charge in [0.25, 0.3) is 0 Å². The SMILES string of the molecule is CC(C)C(=O)N[C@H](Nc1sc2c(c1C#N)CCCC2)C(Cl)(Cl)Cl. The molecule has 1 atom stereocenters. The first kappa shape index (κ1) is 18.7. The lowest BCUT2D eigenvalue weighted by atomic mass is 9.96. The van der Waals surface area contributed by atoms with Crippen LogP contribution in [0.4, 0.5) is 5.00 Å². The van der Waals surface area contributed by atoms with Crippen LogP contribution in [0.2, 0.25) is 0 Å². The number of amides is 1. The van der Waals surface area contributed by atoms with Crippen LogP contribution in [0.15, 0.2) is 0 Å². The van der Waals surface area contributed by atoms with Gasteiger partial charge in [-0.05, 0) is 31.2 Å². The summed E-state index contributed by atoms with van der Waals surface area (Å²) in [6.45, 7) is 3.52. The Labute approximate surface area is 155 Å². The third-order valence-electron chi connectivity index (χ3n) is 3.70. The molecule has 0 saturated carbocycles. The monoisotopic (exact) mass is 393 g/mol. The molecule has 0 bridgehead atoms. The molecule has 0 aromatic carbocycles. The molecule has 1 aromatic rings. The van der Waals surface area contributed by atoms with Gasteiger partial charge in [-0.25, -0.2) is 0 Å². The highest BCUT2D eigenvalue weighted by Crippen LogP contribution is 2.40. The van der Waals surface area contributed by atoms with Crippen LogP contribution in [0.5, 0.6) is 0 Å². The smallest absolute Gasteiger partial charge is 0.228 e. The Morgan fingerprint density at radius 3 is 2.52 bits per heavy atom. The third-order valence-corrected chi connectivity index (χ3v) is 5.57. The number of alkyl halides is 3. The van der Waals surface area contributed by atoms with Crippen LogP contribution >= 0.6 is 46.1 Å². The molecule has 1 amide bonds. The first-order valence-corrected chi connectivity index (χ1v) is 9.37. The fourth-order valence-electron chi connectivity index (χ4n) is 2.43. The van der Waals surface area contributed by atoms with Gasteiger partial charge in [-0.3, -0.25) is 4.79 Å². The zero-order valence-electron chi connectivity index (χ0n) is 12.9. The lowest BCUT2D eigenvalue weighted by Gasteiger charge is -2.27. The predicted octanol–water partition coefficient (Wildman–Crippen LogP) is 4.38. The maximum Gasteiger partial charge on any atom is 0.228 e. The number of hydrogen-bond acceptors (Lipinski definition) is 4. The summed E-state index contributed by atoms with van der Waals surface area (Å²) in [5.41, 5.74) is 1.69. The third kappa shape index (κ3) is 4.45. The Balaban J connectivity index is 2.28. The molecule has 126 valence electrons. The summed E-state index contributed by atoms with van der Waals surface area (Å²) < 4.78 is -1.73. The lowest BCUT2D eigenvalue weighted by molar-refractivity contribution is -0.124. The molecule has 1 aromatic heterocycles. The van der Waals surface area contributed by atoms with E-state index in [0.717, 1.165) is 31.2 Å². The van der Waals surface area contributed by atoms with Crippen molar-refractivity contribution in [2.24, 2.45) is 5.92 Å². The van der Waals surface area contributed by atoms with Gasteiger partial charge >= 0.3 is 0 Å². The number of nitrogens with zero attached hydrogens (tertiary/aromatic N) is 1. The van der Waals surface area contributed by atoms with Crippen molar-refractivity contribution in [3.63, 3.8) is 0 Å². The summed E-state index contributed by atoms with van der Waals surface area (Å²) in [6, 6.07) is 2.24. The van der Waals surface area contributed by atoms with Crippen molar-refractivity contribution >= 4 is 57.0 Å². The maximum atomic E-state index is 12.0. The molecule has 0 radical (unpaired) electrons. The highest BCUT2D eigenvalue weighted by molar-refractivity contribution is 7.16. The average Bonchev–Trinajstić information content (AvgIpc) is 2.82. The number of carbonyl (C=O) groups is 1. The summed E-state index contributed by atoms with van der Waals surface area (Å²) in [4.78, 5) is 13.2. The molecule has 1 aliphatic carbocycles. The predicted molar refractivity (Wildman–Crippen MR) is 96.4 cm³/mol. The number of halogens is 3. The molecule has 2 rings (SSSR count). The summed E-state index contributed by atoms with van der Waals surface area (Å²) >= 11 is 19.5. The maximum absolute atomic E-state index is 12.0. The van der Waals surface area contributed by atoms with Gasteiger partial charge in [0.05, 0.1) is 5.56 Å². The molecule has 1 heterocycles. The number of hydrogen-bond donors (Lipinski definition) is 2. The second kappa shape index (κ2) is 7.48. The number of carbonyl (C=O) groups excluding carboxylic acids is 1. The van der Waals surface area contributed by atoms with Gasteiger partial charge < -0.3 is 10.6 Å². The van der Waals surface area contributed by atoms with Gasteiger partial charge in [-0.15, -0.1) is 11.3 Å².